The molecule has 0 saturated carbocycles. The molecule has 0 bridgehead atoms. The summed E-state index contributed by atoms with van der Waals surface area (Å²) in [6, 6.07) is 2.00. The van der Waals surface area contributed by atoms with Crippen molar-refractivity contribution in [3.63, 3.8) is 0 Å². The molecule has 128 valence electrons. The maximum Gasteiger partial charge on any atom is 0.155 e. The van der Waals surface area contributed by atoms with Gasteiger partial charge in [-0.1, -0.05) is 0 Å². The van der Waals surface area contributed by atoms with Crippen LogP contribution in [0.5, 0.6) is 0 Å². The van der Waals surface area contributed by atoms with Crippen LogP contribution in [0.1, 0.15) is 42.4 Å². The number of aryl methyl sites for hydroxylation is 3. The van der Waals surface area contributed by atoms with Gasteiger partial charge in [-0.25, -0.2) is 9.50 Å². The Morgan fingerprint density at radius 3 is 2.75 bits per heavy atom. The van der Waals surface area contributed by atoms with Crippen LogP contribution in [0.2, 0.25) is 0 Å². The van der Waals surface area contributed by atoms with Gasteiger partial charge in [0.15, 0.2) is 5.65 Å². The second kappa shape index (κ2) is 5.99. The molecule has 2 atom stereocenters. The van der Waals surface area contributed by atoms with Crippen molar-refractivity contribution in [2.24, 2.45) is 7.05 Å². The van der Waals surface area contributed by atoms with Gasteiger partial charge in [-0.15, -0.1) is 0 Å². The highest BCUT2D eigenvalue weighted by molar-refractivity contribution is 5.42. The lowest BCUT2D eigenvalue weighted by Crippen LogP contribution is -2.36. The molecule has 0 aliphatic heterocycles. The summed E-state index contributed by atoms with van der Waals surface area (Å²) in [5, 5.41) is 22.7. The summed E-state index contributed by atoms with van der Waals surface area (Å²) < 4.78 is 3.55. The number of aliphatic hydroxyl groups is 1. The molecule has 0 fully saturated rings. The summed E-state index contributed by atoms with van der Waals surface area (Å²) >= 11 is 0. The molecule has 0 aliphatic rings. The third-order valence-electron chi connectivity index (χ3n) is 4.43. The van der Waals surface area contributed by atoms with Gasteiger partial charge in [0.05, 0.1) is 11.9 Å². The molecule has 0 aliphatic carbocycles. The predicted molar refractivity (Wildman–Crippen MR) is 91.7 cm³/mol. The molecule has 7 heteroatoms. The molecular weight excluding hydrogens is 304 g/mol. The topological polar surface area (TPSA) is 80.3 Å². The third kappa shape index (κ3) is 3.05. The van der Waals surface area contributed by atoms with Crippen molar-refractivity contribution < 1.29 is 5.11 Å². The molecule has 3 rings (SSSR count). The molecule has 24 heavy (non-hydrogen) atoms. The van der Waals surface area contributed by atoms with Crippen molar-refractivity contribution in [3.05, 3.63) is 47.2 Å². The number of nitrogens with one attached hydrogen (secondary N) is 1. The van der Waals surface area contributed by atoms with Crippen LogP contribution >= 0.6 is 0 Å². The molecule has 2 N–H and O–H groups in total. The largest absolute Gasteiger partial charge is 0.384 e. The summed E-state index contributed by atoms with van der Waals surface area (Å²) in [7, 11) is 1.84. The summed E-state index contributed by atoms with van der Waals surface area (Å²) in [6.45, 7) is 8.25. The maximum absolute atomic E-state index is 10.7. The zero-order valence-corrected chi connectivity index (χ0v) is 14.8. The Bertz CT molecular complexity index is 863. The fourth-order valence-electron chi connectivity index (χ4n) is 2.86. The average molecular weight is 328 g/mol. The summed E-state index contributed by atoms with van der Waals surface area (Å²) in [6.07, 6.45) is 5.40. The minimum Gasteiger partial charge on any atom is -0.384 e. The van der Waals surface area contributed by atoms with Gasteiger partial charge >= 0.3 is 0 Å². The highest BCUT2D eigenvalue weighted by Gasteiger charge is 2.25. The molecule has 3 aromatic heterocycles. The van der Waals surface area contributed by atoms with Gasteiger partial charge < -0.3 is 10.4 Å². The van der Waals surface area contributed by atoms with Gasteiger partial charge in [0.1, 0.15) is 5.60 Å². The quantitative estimate of drug-likeness (QED) is 0.744. The van der Waals surface area contributed by atoms with Crippen LogP contribution in [-0.2, 0) is 12.6 Å². The van der Waals surface area contributed by atoms with Crippen LogP contribution in [0.4, 0.5) is 0 Å². The summed E-state index contributed by atoms with van der Waals surface area (Å²) in [5.74, 6) is 0. The molecule has 3 aromatic rings. The molecule has 0 aromatic carbocycles. The Morgan fingerprint density at radius 1 is 1.33 bits per heavy atom. The van der Waals surface area contributed by atoms with Crippen LogP contribution < -0.4 is 5.32 Å². The molecule has 0 radical (unpaired) electrons. The van der Waals surface area contributed by atoms with Crippen LogP contribution in [0, 0.1) is 13.8 Å². The Hall–Kier alpha value is -2.25. The standard InChI is InChI=1S/C17H24N6O/c1-11-6-16-18-8-15(13(3)23(16)21-11)12(2)19-10-17(4,24)14-7-20-22(5)9-14/h6-9,12,19,24H,10H2,1-5H3. The van der Waals surface area contributed by atoms with Crippen molar-refractivity contribution in [3.8, 4) is 0 Å². The molecule has 0 amide bonds. The van der Waals surface area contributed by atoms with Crippen LogP contribution in [0.25, 0.3) is 5.65 Å². The number of rotatable bonds is 5. The number of hydrogen-bond acceptors (Lipinski definition) is 5. The second-order valence-corrected chi connectivity index (χ2v) is 6.63. The van der Waals surface area contributed by atoms with E-state index in [2.05, 4.69) is 27.4 Å². The van der Waals surface area contributed by atoms with Crippen molar-refractivity contribution in [1.82, 2.24) is 29.7 Å². The second-order valence-electron chi connectivity index (χ2n) is 6.63. The van der Waals surface area contributed by atoms with Crippen molar-refractivity contribution in [2.45, 2.75) is 39.3 Å². The van der Waals surface area contributed by atoms with E-state index in [0.717, 1.165) is 28.2 Å². The number of nitrogens with zero attached hydrogens (tertiary/aromatic N) is 5. The van der Waals surface area contributed by atoms with E-state index in [0.29, 0.717) is 6.54 Å². The number of fused-ring (bicyclic) bond motifs is 1. The highest BCUT2D eigenvalue weighted by Crippen LogP contribution is 2.22. The monoisotopic (exact) mass is 328 g/mol. The zero-order chi connectivity index (χ0) is 17.5. The molecule has 0 saturated heterocycles. The lowest BCUT2D eigenvalue weighted by atomic mass is 9.98. The molecular formula is C17H24N6O. The van der Waals surface area contributed by atoms with E-state index in [1.165, 1.54) is 0 Å². The van der Waals surface area contributed by atoms with E-state index in [1.807, 2.05) is 43.9 Å². The first-order valence-corrected chi connectivity index (χ1v) is 8.05. The fourth-order valence-corrected chi connectivity index (χ4v) is 2.86. The normalized spacial score (nSPS) is 15.6. The smallest absolute Gasteiger partial charge is 0.155 e. The minimum absolute atomic E-state index is 0.0366. The van der Waals surface area contributed by atoms with Crippen LogP contribution in [0.15, 0.2) is 24.7 Å². The third-order valence-corrected chi connectivity index (χ3v) is 4.43. The van der Waals surface area contributed by atoms with Crippen molar-refractivity contribution >= 4 is 5.65 Å². The highest BCUT2D eigenvalue weighted by atomic mass is 16.3. The zero-order valence-electron chi connectivity index (χ0n) is 14.8. The molecule has 3 heterocycles. The van der Waals surface area contributed by atoms with E-state index in [4.69, 9.17) is 0 Å². The number of hydrogen-bond donors (Lipinski definition) is 2. The van der Waals surface area contributed by atoms with E-state index in [-0.39, 0.29) is 6.04 Å². The van der Waals surface area contributed by atoms with Crippen molar-refractivity contribution in [1.29, 1.82) is 0 Å². The van der Waals surface area contributed by atoms with Gasteiger partial charge in [0.2, 0.25) is 0 Å². The SMILES string of the molecule is Cc1cc2ncc(C(C)NCC(C)(O)c3cnn(C)c3)c(C)n2n1. The maximum atomic E-state index is 10.7. The van der Waals surface area contributed by atoms with Crippen LogP contribution in [0.3, 0.4) is 0 Å². The Labute approximate surface area is 141 Å². The minimum atomic E-state index is -0.990. The Kier molecular flexibility index (Phi) is 4.15. The first kappa shape index (κ1) is 16.6. The lowest BCUT2D eigenvalue weighted by molar-refractivity contribution is 0.0542. The molecule has 2 unspecified atom stereocenters. The molecule has 0 spiro atoms. The van der Waals surface area contributed by atoms with Gasteiger partial charge in [0.25, 0.3) is 0 Å². The van der Waals surface area contributed by atoms with Crippen molar-refractivity contribution in [2.75, 3.05) is 6.54 Å². The average Bonchev–Trinajstić information content (AvgIpc) is 3.11. The fraction of sp³-hybridized carbons (Fsp3) is 0.471. The Morgan fingerprint density at radius 2 is 2.08 bits per heavy atom. The summed E-state index contributed by atoms with van der Waals surface area (Å²) in [5.41, 5.74) is 3.71. The van der Waals surface area contributed by atoms with E-state index in [1.54, 1.807) is 17.8 Å². The lowest BCUT2D eigenvalue weighted by Gasteiger charge is -2.25. The van der Waals surface area contributed by atoms with Gasteiger partial charge in [-0.2, -0.15) is 10.2 Å². The Balaban J connectivity index is 1.77. The van der Waals surface area contributed by atoms with Gasteiger partial charge in [0, 0.05) is 54.9 Å². The van der Waals surface area contributed by atoms with E-state index in [9.17, 15) is 5.11 Å². The predicted octanol–water partition coefficient (Wildman–Crippen LogP) is 1.64. The summed E-state index contributed by atoms with van der Waals surface area (Å²) in [4.78, 5) is 4.47. The van der Waals surface area contributed by atoms with Gasteiger partial charge in [-0.3, -0.25) is 4.68 Å². The number of aromatic nitrogens is 5. The van der Waals surface area contributed by atoms with Gasteiger partial charge in [-0.05, 0) is 27.7 Å². The molecule has 7 nitrogen and oxygen atoms in total. The van der Waals surface area contributed by atoms with Crippen LogP contribution in [-0.4, -0.2) is 36.0 Å². The first-order valence-electron chi connectivity index (χ1n) is 8.05. The van der Waals surface area contributed by atoms with E-state index >= 15 is 0 Å². The van der Waals surface area contributed by atoms with E-state index < -0.39 is 5.60 Å². The first-order chi connectivity index (χ1) is 11.3.